The Morgan fingerprint density at radius 1 is 1.21 bits per heavy atom. The standard InChI is InChI=1S/C18H17N/c1-3-8-14(2)13-18-16-10-5-4-9-15(16)17-11-6-7-12-19(17)18/h3-13H,1-2H3/q-2. The number of hydrogen-bond donors (Lipinski definition) is 0. The molecule has 2 aliphatic rings. The van der Waals surface area contributed by atoms with Crippen LogP contribution in [0.2, 0.25) is 0 Å². The molecular weight excluding hydrogens is 230 g/mol. The first kappa shape index (κ1) is 11.8. The SMILES string of the molecule is CC=C[C-](C)C=C1c2ccccc2[C-]2C=CC=CN12. The van der Waals surface area contributed by atoms with E-state index in [9.17, 15) is 0 Å². The van der Waals surface area contributed by atoms with Crippen LogP contribution in [0, 0.1) is 12.0 Å². The van der Waals surface area contributed by atoms with Crippen molar-refractivity contribution in [1.29, 1.82) is 0 Å². The van der Waals surface area contributed by atoms with Gasteiger partial charge in [0.25, 0.3) is 0 Å². The minimum atomic E-state index is 1.25. The van der Waals surface area contributed by atoms with Gasteiger partial charge in [-0.25, -0.2) is 0 Å². The van der Waals surface area contributed by atoms with Gasteiger partial charge in [-0.2, -0.15) is 24.1 Å². The van der Waals surface area contributed by atoms with Crippen molar-refractivity contribution in [3.05, 3.63) is 90.0 Å². The first-order valence-corrected chi connectivity index (χ1v) is 6.60. The first-order valence-electron chi connectivity index (χ1n) is 6.60. The van der Waals surface area contributed by atoms with Crippen molar-refractivity contribution in [2.75, 3.05) is 0 Å². The van der Waals surface area contributed by atoms with Crippen LogP contribution in [0.3, 0.4) is 0 Å². The Labute approximate surface area is 115 Å². The Morgan fingerprint density at radius 2 is 2.05 bits per heavy atom. The molecule has 0 atom stereocenters. The molecule has 2 aliphatic heterocycles. The molecule has 19 heavy (non-hydrogen) atoms. The summed E-state index contributed by atoms with van der Waals surface area (Å²) >= 11 is 0. The van der Waals surface area contributed by atoms with Gasteiger partial charge >= 0.3 is 0 Å². The molecule has 0 amide bonds. The third-order valence-electron chi connectivity index (χ3n) is 3.39. The second-order valence-electron chi connectivity index (χ2n) is 4.78. The highest BCUT2D eigenvalue weighted by molar-refractivity contribution is 5.80. The van der Waals surface area contributed by atoms with Gasteiger partial charge in [0.05, 0.1) is 0 Å². The molecule has 0 saturated carbocycles. The van der Waals surface area contributed by atoms with Gasteiger partial charge in [-0.3, -0.25) is 0 Å². The monoisotopic (exact) mass is 247 g/mol. The van der Waals surface area contributed by atoms with Crippen molar-refractivity contribution in [2.24, 2.45) is 0 Å². The Balaban J connectivity index is 2.09. The summed E-state index contributed by atoms with van der Waals surface area (Å²) in [5.74, 6) is 1.26. The van der Waals surface area contributed by atoms with Crippen LogP contribution >= 0.6 is 0 Å². The molecule has 0 spiro atoms. The minimum absolute atomic E-state index is 1.25. The lowest BCUT2D eigenvalue weighted by Crippen LogP contribution is -2.15. The molecule has 0 aliphatic carbocycles. The zero-order chi connectivity index (χ0) is 13.2. The number of fused-ring (bicyclic) bond motifs is 3. The molecule has 1 aromatic rings. The average Bonchev–Trinajstić information content (AvgIpc) is 2.75. The van der Waals surface area contributed by atoms with Crippen LogP contribution in [0.5, 0.6) is 0 Å². The normalized spacial score (nSPS) is 18.3. The summed E-state index contributed by atoms with van der Waals surface area (Å²) in [7, 11) is 0. The molecule has 0 unspecified atom stereocenters. The Bertz CT molecular complexity index is 589. The summed E-state index contributed by atoms with van der Waals surface area (Å²) in [6.45, 7) is 4.18. The fourth-order valence-electron chi connectivity index (χ4n) is 2.61. The summed E-state index contributed by atoms with van der Waals surface area (Å²) in [5.41, 5.74) is 3.86. The van der Waals surface area contributed by atoms with Gasteiger partial charge in [0, 0.05) is 0 Å². The van der Waals surface area contributed by atoms with Gasteiger partial charge in [0.1, 0.15) is 0 Å². The Kier molecular flexibility index (Phi) is 2.96. The third kappa shape index (κ3) is 1.97. The maximum Gasteiger partial charge on any atom is -0.0215 e. The molecule has 0 aromatic heterocycles. The molecule has 0 bridgehead atoms. The van der Waals surface area contributed by atoms with Crippen molar-refractivity contribution >= 4 is 5.70 Å². The topological polar surface area (TPSA) is 3.24 Å². The third-order valence-corrected chi connectivity index (χ3v) is 3.39. The molecule has 0 fully saturated rings. The zero-order valence-electron chi connectivity index (χ0n) is 11.3. The zero-order valence-corrected chi connectivity index (χ0v) is 11.3. The van der Waals surface area contributed by atoms with Gasteiger partial charge in [-0.05, 0) is 6.20 Å². The van der Waals surface area contributed by atoms with Gasteiger partial charge in [-0.1, -0.05) is 37.7 Å². The number of allylic oxidation sites excluding steroid dienone is 5. The van der Waals surface area contributed by atoms with E-state index in [-0.39, 0.29) is 0 Å². The molecular formula is C18H17N-2. The average molecular weight is 247 g/mol. The molecule has 96 valence electrons. The van der Waals surface area contributed by atoms with E-state index in [4.69, 9.17) is 0 Å². The van der Waals surface area contributed by atoms with Crippen molar-refractivity contribution in [3.8, 4) is 0 Å². The second kappa shape index (κ2) is 4.77. The van der Waals surface area contributed by atoms with E-state index >= 15 is 0 Å². The van der Waals surface area contributed by atoms with Gasteiger partial charge in [0.15, 0.2) is 0 Å². The smallest absolute Gasteiger partial charge is 0.0215 e. The molecule has 1 nitrogen and oxygen atoms in total. The number of benzene rings is 1. The molecule has 0 N–H and O–H groups in total. The predicted molar refractivity (Wildman–Crippen MR) is 80.6 cm³/mol. The van der Waals surface area contributed by atoms with Crippen LogP contribution in [0.25, 0.3) is 5.70 Å². The van der Waals surface area contributed by atoms with E-state index in [2.05, 4.69) is 78.7 Å². The highest BCUT2D eigenvalue weighted by Crippen LogP contribution is 2.43. The Hall–Kier alpha value is -2.28. The highest BCUT2D eigenvalue weighted by Gasteiger charge is 2.20. The minimum Gasteiger partial charge on any atom is -0.420 e. The molecule has 0 saturated heterocycles. The number of rotatable bonds is 2. The summed E-state index contributed by atoms with van der Waals surface area (Å²) in [6.07, 6.45) is 14.9. The fraction of sp³-hybridized carbons (Fsp3) is 0.111. The summed E-state index contributed by atoms with van der Waals surface area (Å²) in [5, 5.41) is 0. The molecule has 3 rings (SSSR count). The summed E-state index contributed by atoms with van der Waals surface area (Å²) in [6, 6.07) is 9.84. The summed E-state index contributed by atoms with van der Waals surface area (Å²) < 4.78 is 0. The lowest BCUT2D eigenvalue weighted by Gasteiger charge is -2.34. The number of nitrogens with zero attached hydrogens (tertiary/aromatic N) is 1. The van der Waals surface area contributed by atoms with Crippen LogP contribution in [0.1, 0.15) is 25.0 Å². The van der Waals surface area contributed by atoms with Crippen LogP contribution < -0.4 is 0 Å². The molecule has 1 heteroatoms. The van der Waals surface area contributed by atoms with Crippen molar-refractivity contribution < 1.29 is 0 Å². The largest absolute Gasteiger partial charge is 0.420 e. The predicted octanol–water partition coefficient (Wildman–Crippen LogP) is 4.48. The molecule has 2 heterocycles. The van der Waals surface area contributed by atoms with E-state index < -0.39 is 0 Å². The Morgan fingerprint density at radius 3 is 2.89 bits per heavy atom. The second-order valence-corrected chi connectivity index (χ2v) is 4.78. The maximum absolute atomic E-state index is 2.26. The van der Waals surface area contributed by atoms with Crippen molar-refractivity contribution in [1.82, 2.24) is 4.90 Å². The lowest BCUT2D eigenvalue weighted by atomic mass is 10.0. The van der Waals surface area contributed by atoms with Crippen LogP contribution in [-0.2, 0) is 0 Å². The van der Waals surface area contributed by atoms with Gasteiger partial charge in [-0.15, -0.1) is 41.5 Å². The van der Waals surface area contributed by atoms with Crippen LogP contribution in [-0.4, -0.2) is 4.90 Å². The van der Waals surface area contributed by atoms with E-state index in [1.165, 1.54) is 28.8 Å². The highest BCUT2D eigenvalue weighted by atomic mass is 15.2. The van der Waals surface area contributed by atoms with E-state index in [0.29, 0.717) is 0 Å². The van der Waals surface area contributed by atoms with Crippen LogP contribution in [0.15, 0.2) is 66.9 Å². The molecule has 1 aromatic carbocycles. The van der Waals surface area contributed by atoms with Gasteiger partial charge < -0.3 is 4.90 Å². The van der Waals surface area contributed by atoms with Crippen molar-refractivity contribution in [3.63, 3.8) is 0 Å². The van der Waals surface area contributed by atoms with Crippen LogP contribution in [0.4, 0.5) is 0 Å². The van der Waals surface area contributed by atoms with E-state index in [1.807, 2.05) is 6.92 Å². The maximum atomic E-state index is 2.26. The van der Waals surface area contributed by atoms with Gasteiger partial charge in [0.2, 0.25) is 0 Å². The quantitative estimate of drug-likeness (QED) is 0.697. The summed E-state index contributed by atoms with van der Waals surface area (Å²) in [4.78, 5) is 2.26. The van der Waals surface area contributed by atoms with Crippen molar-refractivity contribution in [2.45, 2.75) is 13.8 Å². The lowest BCUT2D eigenvalue weighted by molar-refractivity contribution is 0.626. The van der Waals surface area contributed by atoms with E-state index in [0.717, 1.165) is 0 Å². The number of hydrogen-bond acceptors (Lipinski definition) is 1. The molecule has 0 radical (unpaired) electrons. The fourth-order valence-corrected chi connectivity index (χ4v) is 2.61. The van der Waals surface area contributed by atoms with E-state index in [1.54, 1.807) is 0 Å². The first-order chi connectivity index (χ1) is 9.31.